The van der Waals surface area contributed by atoms with E-state index in [4.69, 9.17) is 5.73 Å². The average Bonchev–Trinajstić information content (AvgIpc) is 3.34. The Labute approximate surface area is 272 Å². The molecule has 0 radical (unpaired) electrons. The fourth-order valence-corrected chi connectivity index (χ4v) is 11.1. The molecule has 4 aliphatic carbocycles. The summed E-state index contributed by atoms with van der Waals surface area (Å²) < 4.78 is 0. The van der Waals surface area contributed by atoms with Crippen LogP contribution in [0.5, 0.6) is 0 Å². The molecular formula is C38H74N4O2. The summed E-state index contributed by atoms with van der Waals surface area (Å²) in [7, 11) is 0. The number of hydrogen-bond donors (Lipinski definition) is 6. The Morgan fingerprint density at radius 3 is 2.16 bits per heavy atom. The molecule has 6 nitrogen and oxygen atoms in total. The molecule has 0 heterocycles. The Kier molecular flexibility index (Phi) is 13.5. The maximum Gasteiger partial charge on any atom is 0.0880 e. The molecule has 0 unspecified atom stereocenters. The van der Waals surface area contributed by atoms with Crippen LogP contribution >= 0.6 is 0 Å². The van der Waals surface area contributed by atoms with Crippen LogP contribution in [-0.2, 0) is 0 Å². The highest BCUT2D eigenvalue weighted by atomic mass is 16.3. The number of nitrogens with one attached hydrogen (secondary N) is 3. The summed E-state index contributed by atoms with van der Waals surface area (Å²) in [6, 6.07) is 0.0778. The van der Waals surface area contributed by atoms with Crippen LogP contribution in [0.1, 0.15) is 131 Å². The third kappa shape index (κ3) is 7.89. The topological polar surface area (TPSA) is 103 Å². The highest BCUT2D eigenvalue weighted by Crippen LogP contribution is 2.69. The van der Waals surface area contributed by atoms with E-state index in [1.807, 2.05) is 0 Å². The van der Waals surface area contributed by atoms with Crippen molar-refractivity contribution in [3.8, 4) is 0 Å². The molecule has 4 aliphatic rings. The molecule has 4 saturated carbocycles. The van der Waals surface area contributed by atoms with Crippen LogP contribution in [0.4, 0.5) is 0 Å². The highest BCUT2D eigenvalue weighted by molar-refractivity contribution is 5.18. The Balaban J connectivity index is 1.35. The average molecular weight is 619 g/mol. The Morgan fingerprint density at radius 1 is 0.795 bits per heavy atom. The molecule has 0 spiro atoms. The lowest BCUT2D eigenvalue weighted by Crippen LogP contribution is -2.71. The van der Waals surface area contributed by atoms with Gasteiger partial charge in [-0.25, -0.2) is 0 Å². The van der Waals surface area contributed by atoms with Gasteiger partial charge >= 0.3 is 0 Å². The first-order valence-corrected chi connectivity index (χ1v) is 19.2. The standard InChI is InChI=1S/C38H74N4O2/c1-27(2)28(3)11-12-29(4)32-13-14-33-31-25-35(42-24-10-23-41-21-8-7-20-40-22-9-19-39)38(44)26-30(43)15-18-37(38,6)34(31)16-17-36(32,33)5/h27-35,40-44H,7-26,39H2,1-6H3/t28-,29-,30+,31+,32-,33+,34+,35-,36-,37-,38+/m1/s1. The van der Waals surface area contributed by atoms with Gasteiger partial charge in [-0.3, -0.25) is 0 Å². The number of unbranched alkanes of at least 4 members (excludes halogenated alkanes) is 1. The van der Waals surface area contributed by atoms with E-state index in [0.717, 1.165) is 101 Å². The van der Waals surface area contributed by atoms with Crippen LogP contribution < -0.4 is 21.7 Å². The fourth-order valence-electron chi connectivity index (χ4n) is 11.1. The highest BCUT2D eigenvalue weighted by Gasteiger charge is 2.67. The lowest BCUT2D eigenvalue weighted by Gasteiger charge is -2.66. The zero-order chi connectivity index (χ0) is 32.0. The van der Waals surface area contributed by atoms with Crippen molar-refractivity contribution in [1.29, 1.82) is 0 Å². The van der Waals surface area contributed by atoms with E-state index in [1.165, 1.54) is 51.4 Å². The lowest BCUT2D eigenvalue weighted by atomic mass is 9.42. The van der Waals surface area contributed by atoms with Crippen molar-refractivity contribution >= 4 is 0 Å². The second-order valence-corrected chi connectivity index (χ2v) is 17.1. The van der Waals surface area contributed by atoms with Gasteiger partial charge in [0.05, 0.1) is 11.7 Å². The van der Waals surface area contributed by atoms with Crippen LogP contribution in [0.25, 0.3) is 0 Å². The van der Waals surface area contributed by atoms with Gasteiger partial charge in [-0.15, -0.1) is 0 Å². The van der Waals surface area contributed by atoms with Gasteiger partial charge in [0.1, 0.15) is 0 Å². The number of aliphatic hydroxyl groups excluding tert-OH is 1. The summed E-state index contributed by atoms with van der Waals surface area (Å²) in [4.78, 5) is 0. The molecule has 0 saturated heterocycles. The van der Waals surface area contributed by atoms with E-state index in [-0.39, 0.29) is 17.6 Å². The smallest absolute Gasteiger partial charge is 0.0880 e. The first kappa shape index (κ1) is 36.6. The molecule has 4 fully saturated rings. The molecule has 11 atom stereocenters. The Hall–Kier alpha value is -0.240. The minimum atomic E-state index is -0.817. The van der Waals surface area contributed by atoms with Crippen LogP contribution in [0.15, 0.2) is 0 Å². The Bertz CT molecular complexity index is 857. The molecule has 0 amide bonds. The van der Waals surface area contributed by atoms with Gasteiger partial charge in [0.2, 0.25) is 0 Å². The maximum atomic E-state index is 12.6. The van der Waals surface area contributed by atoms with E-state index >= 15 is 0 Å². The van der Waals surface area contributed by atoms with Gasteiger partial charge < -0.3 is 31.9 Å². The maximum absolute atomic E-state index is 12.6. The number of fused-ring (bicyclic) bond motifs is 5. The van der Waals surface area contributed by atoms with Gasteiger partial charge in [-0.1, -0.05) is 54.4 Å². The van der Waals surface area contributed by atoms with Gasteiger partial charge in [0.15, 0.2) is 0 Å². The normalized spacial score (nSPS) is 40.0. The second-order valence-electron chi connectivity index (χ2n) is 17.1. The van der Waals surface area contributed by atoms with Gasteiger partial charge in [-0.2, -0.15) is 0 Å². The number of rotatable bonds is 18. The minimum absolute atomic E-state index is 0.0778. The monoisotopic (exact) mass is 619 g/mol. The van der Waals surface area contributed by atoms with Crippen LogP contribution in [0.3, 0.4) is 0 Å². The van der Waals surface area contributed by atoms with Crippen molar-refractivity contribution in [2.45, 2.75) is 149 Å². The van der Waals surface area contributed by atoms with Crippen molar-refractivity contribution < 1.29 is 10.2 Å². The first-order valence-electron chi connectivity index (χ1n) is 19.2. The minimum Gasteiger partial charge on any atom is -0.393 e. The van der Waals surface area contributed by atoms with E-state index in [9.17, 15) is 10.2 Å². The Morgan fingerprint density at radius 2 is 1.48 bits per heavy atom. The van der Waals surface area contributed by atoms with E-state index in [1.54, 1.807) is 0 Å². The van der Waals surface area contributed by atoms with E-state index < -0.39 is 5.60 Å². The molecular weight excluding hydrogens is 544 g/mol. The summed E-state index contributed by atoms with van der Waals surface area (Å²) in [5.41, 5.74) is 5.07. The molecule has 0 aliphatic heterocycles. The summed E-state index contributed by atoms with van der Waals surface area (Å²) in [6.45, 7) is 20.7. The van der Waals surface area contributed by atoms with Gasteiger partial charge in [0.25, 0.3) is 0 Å². The lowest BCUT2D eigenvalue weighted by molar-refractivity contribution is -0.234. The first-order chi connectivity index (χ1) is 21.0. The third-order valence-electron chi connectivity index (χ3n) is 14.3. The summed E-state index contributed by atoms with van der Waals surface area (Å²) in [5, 5.41) is 34.4. The zero-order valence-corrected chi connectivity index (χ0v) is 29.8. The van der Waals surface area contributed by atoms with Crippen molar-refractivity contribution in [3.63, 3.8) is 0 Å². The van der Waals surface area contributed by atoms with Crippen molar-refractivity contribution in [2.75, 3.05) is 39.3 Å². The molecule has 0 bridgehead atoms. The number of nitrogens with two attached hydrogens (primary N) is 1. The SMILES string of the molecule is CC(C)[C@H](C)CC[C@@H](C)[C@H]1CC[C@H]2[C@@H]3C[C@@H](NCCCNCCCCNCCCN)[C@@]4(O)C[C@@H](O)CC[C@]4(C)[C@H]3CC[C@]12C. The quantitative estimate of drug-likeness (QED) is 0.104. The molecule has 6 heteroatoms. The predicted octanol–water partition coefficient (Wildman–Crippen LogP) is 6.10. The van der Waals surface area contributed by atoms with E-state index in [0.29, 0.717) is 23.7 Å². The number of aliphatic hydroxyl groups is 2. The third-order valence-corrected chi connectivity index (χ3v) is 14.3. The molecule has 0 aromatic carbocycles. The van der Waals surface area contributed by atoms with Crippen molar-refractivity contribution in [2.24, 2.45) is 58.0 Å². The summed E-state index contributed by atoms with van der Waals surface area (Å²) >= 11 is 0. The summed E-state index contributed by atoms with van der Waals surface area (Å²) in [5.74, 6) is 5.28. The largest absolute Gasteiger partial charge is 0.393 e. The molecule has 4 rings (SSSR count). The predicted molar refractivity (Wildman–Crippen MR) is 186 cm³/mol. The van der Waals surface area contributed by atoms with Crippen LogP contribution in [0, 0.1) is 52.3 Å². The van der Waals surface area contributed by atoms with Crippen LogP contribution in [-0.4, -0.2) is 67.2 Å². The molecule has 258 valence electrons. The van der Waals surface area contributed by atoms with Gasteiger partial charge in [0, 0.05) is 17.9 Å². The molecule has 44 heavy (non-hydrogen) atoms. The summed E-state index contributed by atoms with van der Waals surface area (Å²) in [6.07, 6.45) is 15.7. The van der Waals surface area contributed by atoms with Crippen LogP contribution in [0.2, 0.25) is 0 Å². The van der Waals surface area contributed by atoms with Crippen molar-refractivity contribution in [1.82, 2.24) is 16.0 Å². The van der Waals surface area contributed by atoms with Gasteiger partial charge in [-0.05, 0) is 157 Å². The fraction of sp³-hybridized carbons (Fsp3) is 1.00. The zero-order valence-electron chi connectivity index (χ0n) is 29.8. The molecule has 0 aromatic rings. The second kappa shape index (κ2) is 16.2. The van der Waals surface area contributed by atoms with E-state index in [2.05, 4.69) is 57.5 Å². The number of hydrogen-bond acceptors (Lipinski definition) is 6. The molecule has 0 aromatic heterocycles. The molecule has 7 N–H and O–H groups in total. The van der Waals surface area contributed by atoms with Crippen molar-refractivity contribution in [3.05, 3.63) is 0 Å².